The first-order valence-corrected chi connectivity index (χ1v) is 11.6. The lowest BCUT2D eigenvalue weighted by Crippen LogP contribution is -2.63. The summed E-state index contributed by atoms with van der Waals surface area (Å²) >= 11 is 0. The summed E-state index contributed by atoms with van der Waals surface area (Å²) in [4.78, 5) is 38.4. The van der Waals surface area contributed by atoms with Crippen molar-refractivity contribution in [2.75, 3.05) is 13.7 Å². The molecule has 0 aliphatic heterocycles. The lowest BCUT2D eigenvalue weighted by molar-refractivity contribution is 0.0427. The highest BCUT2D eigenvalue weighted by atomic mass is 16.5. The number of nitrogens with one attached hydrogen (secondary N) is 2. The van der Waals surface area contributed by atoms with Gasteiger partial charge in [0.05, 0.1) is 18.5 Å². The summed E-state index contributed by atoms with van der Waals surface area (Å²) in [6, 6.07) is 9.88. The summed E-state index contributed by atoms with van der Waals surface area (Å²) in [6.07, 6.45) is 6.18. The molecule has 2 amide bonds. The number of para-hydroxylation sites is 1. The van der Waals surface area contributed by atoms with Crippen LogP contribution in [0.3, 0.4) is 0 Å². The largest absolute Gasteiger partial charge is 0.451 e. The zero-order chi connectivity index (χ0) is 23.8. The zero-order valence-electron chi connectivity index (χ0n) is 19.1. The Bertz CT molecular complexity index is 1270. The minimum absolute atomic E-state index is 0.0260. The van der Waals surface area contributed by atoms with Crippen molar-refractivity contribution >= 4 is 22.8 Å². The lowest BCUT2D eigenvalue weighted by atomic mass is 9.61. The van der Waals surface area contributed by atoms with Gasteiger partial charge in [-0.15, -0.1) is 0 Å². The first-order valence-electron chi connectivity index (χ1n) is 11.6. The van der Waals surface area contributed by atoms with Gasteiger partial charge < -0.3 is 19.8 Å². The average Bonchev–Trinajstić information content (AvgIpc) is 3.33. The summed E-state index contributed by atoms with van der Waals surface area (Å²) in [6.45, 7) is 0.992. The second kappa shape index (κ2) is 8.72. The lowest BCUT2D eigenvalue weighted by Gasteiger charge is -2.53. The van der Waals surface area contributed by atoms with Crippen molar-refractivity contribution in [3.8, 4) is 0 Å². The molecule has 3 aromatic rings. The summed E-state index contributed by atoms with van der Waals surface area (Å²) in [7, 11) is 1.62. The normalized spacial score (nSPS) is 23.7. The van der Waals surface area contributed by atoms with Gasteiger partial charge in [0, 0.05) is 30.5 Å². The van der Waals surface area contributed by atoms with Gasteiger partial charge in [0.1, 0.15) is 11.3 Å². The molecule has 2 bridgehead atoms. The predicted octanol–water partition coefficient (Wildman–Crippen LogP) is 2.64. The second-order valence-electron chi connectivity index (χ2n) is 9.37. The third-order valence-corrected chi connectivity index (χ3v) is 7.32. The molecule has 2 heterocycles. The standard InChI is InChI=1S/C25H28N4O5/c1-33-15-14-29-18(6-13-26-29)22(31)27-24-7-10-25(11-8-24,12-9-24)28-23(32)21-16-19(30)17-4-2-3-5-20(17)34-21/h2-6,13,16H,7-12,14-15H2,1H3,(H,27,31)(H,28,32). The number of hydrogen-bond donors (Lipinski definition) is 2. The summed E-state index contributed by atoms with van der Waals surface area (Å²) in [5.74, 6) is -0.480. The number of carbonyl (C=O) groups excluding carboxylic acids is 2. The Morgan fingerprint density at radius 2 is 1.68 bits per heavy atom. The molecular formula is C25H28N4O5. The Balaban J connectivity index is 1.25. The van der Waals surface area contributed by atoms with E-state index in [4.69, 9.17) is 9.15 Å². The molecule has 2 aromatic heterocycles. The highest BCUT2D eigenvalue weighted by Gasteiger charge is 2.50. The van der Waals surface area contributed by atoms with E-state index in [1.165, 1.54) is 6.07 Å². The minimum Gasteiger partial charge on any atom is -0.451 e. The van der Waals surface area contributed by atoms with E-state index in [9.17, 15) is 14.4 Å². The van der Waals surface area contributed by atoms with Crippen molar-refractivity contribution in [1.82, 2.24) is 20.4 Å². The number of hydrogen-bond acceptors (Lipinski definition) is 6. The summed E-state index contributed by atoms with van der Waals surface area (Å²) in [5.41, 5.74) is 0.0526. The Hall–Kier alpha value is -3.46. The maximum absolute atomic E-state index is 13.0. The van der Waals surface area contributed by atoms with Crippen molar-refractivity contribution < 1.29 is 18.7 Å². The molecular weight excluding hydrogens is 436 g/mol. The second-order valence-corrected chi connectivity index (χ2v) is 9.37. The van der Waals surface area contributed by atoms with Crippen molar-refractivity contribution in [3.05, 3.63) is 64.3 Å². The molecule has 3 fully saturated rings. The molecule has 9 nitrogen and oxygen atoms in total. The van der Waals surface area contributed by atoms with Gasteiger partial charge in [-0.3, -0.25) is 19.1 Å². The molecule has 3 aliphatic rings. The Morgan fingerprint density at radius 3 is 2.35 bits per heavy atom. The maximum Gasteiger partial charge on any atom is 0.287 e. The van der Waals surface area contributed by atoms with Gasteiger partial charge in [-0.05, 0) is 56.7 Å². The third kappa shape index (κ3) is 4.11. The Kier molecular flexibility index (Phi) is 5.73. The average molecular weight is 465 g/mol. The molecule has 178 valence electrons. The fourth-order valence-electron chi connectivity index (χ4n) is 5.27. The van der Waals surface area contributed by atoms with Crippen LogP contribution in [-0.4, -0.2) is 46.4 Å². The third-order valence-electron chi connectivity index (χ3n) is 7.32. The first-order chi connectivity index (χ1) is 16.4. The molecule has 2 N–H and O–H groups in total. The van der Waals surface area contributed by atoms with E-state index in [0.717, 1.165) is 38.5 Å². The van der Waals surface area contributed by atoms with Gasteiger partial charge in [-0.2, -0.15) is 5.10 Å². The number of methoxy groups -OCH3 is 1. The monoisotopic (exact) mass is 464 g/mol. The van der Waals surface area contributed by atoms with Crippen molar-refractivity contribution in [2.45, 2.75) is 56.1 Å². The van der Waals surface area contributed by atoms with Crippen LogP contribution < -0.4 is 16.1 Å². The van der Waals surface area contributed by atoms with Crippen LogP contribution in [0.5, 0.6) is 0 Å². The van der Waals surface area contributed by atoms with Crippen LogP contribution in [0, 0.1) is 0 Å². The van der Waals surface area contributed by atoms with Gasteiger partial charge in [0.2, 0.25) is 0 Å². The number of nitrogens with zero attached hydrogens (tertiary/aromatic N) is 2. The Labute approximate surface area is 196 Å². The number of ether oxygens (including phenoxy) is 1. The van der Waals surface area contributed by atoms with Crippen molar-refractivity contribution in [2.24, 2.45) is 0 Å². The van der Waals surface area contributed by atoms with Crippen LogP contribution >= 0.6 is 0 Å². The van der Waals surface area contributed by atoms with Crippen LogP contribution in [0.25, 0.3) is 11.0 Å². The minimum atomic E-state index is -0.372. The highest BCUT2D eigenvalue weighted by Crippen LogP contribution is 2.47. The van der Waals surface area contributed by atoms with Gasteiger partial charge >= 0.3 is 0 Å². The van der Waals surface area contributed by atoms with Crippen LogP contribution in [0.2, 0.25) is 0 Å². The first kappa shape index (κ1) is 22.3. The van der Waals surface area contributed by atoms with Crippen LogP contribution in [-0.2, 0) is 11.3 Å². The van der Waals surface area contributed by atoms with Gasteiger partial charge in [0.15, 0.2) is 11.2 Å². The molecule has 0 saturated heterocycles. The maximum atomic E-state index is 13.0. The van der Waals surface area contributed by atoms with Gasteiger partial charge in [-0.1, -0.05) is 12.1 Å². The predicted molar refractivity (Wildman–Crippen MR) is 125 cm³/mol. The molecule has 3 saturated carbocycles. The van der Waals surface area contributed by atoms with Crippen LogP contribution in [0.1, 0.15) is 59.6 Å². The fraction of sp³-hybridized carbons (Fsp3) is 0.440. The van der Waals surface area contributed by atoms with Gasteiger partial charge in [0.25, 0.3) is 11.8 Å². The van der Waals surface area contributed by atoms with E-state index in [-0.39, 0.29) is 34.1 Å². The van der Waals surface area contributed by atoms with E-state index in [2.05, 4.69) is 15.7 Å². The molecule has 1 aromatic carbocycles. The smallest absolute Gasteiger partial charge is 0.287 e. The van der Waals surface area contributed by atoms with E-state index in [0.29, 0.717) is 29.8 Å². The molecule has 0 spiro atoms. The molecule has 0 unspecified atom stereocenters. The molecule has 34 heavy (non-hydrogen) atoms. The Morgan fingerprint density at radius 1 is 1.03 bits per heavy atom. The SMILES string of the molecule is COCCn1nccc1C(=O)NC12CCC(NC(=O)c3cc(=O)c4ccccc4o3)(CC1)CC2. The molecule has 9 heteroatoms. The van der Waals surface area contributed by atoms with E-state index < -0.39 is 0 Å². The summed E-state index contributed by atoms with van der Waals surface area (Å²) < 4.78 is 12.5. The van der Waals surface area contributed by atoms with E-state index in [1.54, 1.807) is 48.3 Å². The van der Waals surface area contributed by atoms with E-state index >= 15 is 0 Å². The van der Waals surface area contributed by atoms with Crippen LogP contribution in [0.15, 0.2) is 51.8 Å². The molecule has 0 atom stereocenters. The topological polar surface area (TPSA) is 115 Å². The number of fused-ring (bicyclic) bond motifs is 4. The summed E-state index contributed by atoms with van der Waals surface area (Å²) in [5, 5.41) is 11.1. The fourth-order valence-corrected chi connectivity index (χ4v) is 5.27. The molecule has 6 rings (SSSR count). The molecule has 0 radical (unpaired) electrons. The quantitative estimate of drug-likeness (QED) is 0.555. The van der Waals surface area contributed by atoms with Crippen molar-refractivity contribution in [1.29, 1.82) is 0 Å². The highest BCUT2D eigenvalue weighted by molar-refractivity contribution is 5.94. The number of aromatic nitrogens is 2. The number of carbonyl (C=O) groups is 2. The van der Waals surface area contributed by atoms with Gasteiger partial charge in [-0.25, -0.2) is 0 Å². The number of amides is 2. The number of rotatable bonds is 7. The number of benzene rings is 1. The van der Waals surface area contributed by atoms with E-state index in [1.807, 2.05) is 0 Å². The van der Waals surface area contributed by atoms with Crippen LogP contribution in [0.4, 0.5) is 0 Å². The zero-order valence-corrected chi connectivity index (χ0v) is 19.1. The molecule has 3 aliphatic carbocycles. The van der Waals surface area contributed by atoms with Crippen molar-refractivity contribution in [3.63, 3.8) is 0 Å².